The largest absolute Gasteiger partial charge is 0.335 e. The SMILES string of the molecule is CCC[C@@H](N)C(=O)N(CC)C(C)c1ccc(F)cc1. The maximum Gasteiger partial charge on any atom is 0.239 e. The third kappa shape index (κ3) is 4.03. The number of carbonyl (C=O) groups excluding carboxylic acids is 1. The Balaban J connectivity index is 2.84. The fourth-order valence-corrected chi connectivity index (χ4v) is 2.19. The Morgan fingerprint density at radius 2 is 1.89 bits per heavy atom. The Morgan fingerprint density at radius 1 is 1.32 bits per heavy atom. The van der Waals surface area contributed by atoms with Gasteiger partial charge in [-0.2, -0.15) is 0 Å². The number of nitrogens with two attached hydrogens (primary N) is 1. The van der Waals surface area contributed by atoms with Crippen molar-refractivity contribution in [2.45, 2.75) is 45.7 Å². The second-order valence-electron chi connectivity index (χ2n) is 4.75. The number of rotatable bonds is 6. The number of benzene rings is 1. The molecule has 106 valence electrons. The van der Waals surface area contributed by atoms with Crippen LogP contribution in [0.25, 0.3) is 0 Å². The Hall–Kier alpha value is -1.42. The van der Waals surface area contributed by atoms with Gasteiger partial charge in [0.2, 0.25) is 5.91 Å². The van der Waals surface area contributed by atoms with E-state index in [1.165, 1.54) is 12.1 Å². The lowest BCUT2D eigenvalue weighted by Crippen LogP contribution is -2.44. The number of carbonyl (C=O) groups is 1. The van der Waals surface area contributed by atoms with Gasteiger partial charge in [0.15, 0.2) is 0 Å². The Kier molecular flexibility index (Phi) is 5.96. The van der Waals surface area contributed by atoms with Gasteiger partial charge in [-0.05, 0) is 38.0 Å². The predicted octanol–water partition coefficient (Wildman–Crippen LogP) is 2.86. The zero-order chi connectivity index (χ0) is 14.4. The van der Waals surface area contributed by atoms with E-state index in [1.54, 1.807) is 17.0 Å². The van der Waals surface area contributed by atoms with Gasteiger partial charge in [0, 0.05) is 6.54 Å². The van der Waals surface area contributed by atoms with Crippen molar-refractivity contribution in [3.8, 4) is 0 Å². The summed E-state index contributed by atoms with van der Waals surface area (Å²) < 4.78 is 12.9. The van der Waals surface area contributed by atoms with Crippen molar-refractivity contribution >= 4 is 5.91 Å². The molecule has 0 saturated heterocycles. The number of hydrogen-bond donors (Lipinski definition) is 1. The van der Waals surface area contributed by atoms with Crippen molar-refractivity contribution in [1.29, 1.82) is 0 Å². The van der Waals surface area contributed by atoms with Crippen LogP contribution in [0.4, 0.5) is 4.39 Å². The Labute approximate surface area is 114 Å². The van der Waals surface area contributed by atoms with E-state index in [9.17, 15) is 9.18 Å². The number of hydrogen-bond acceptors (Lipinski definition) is 2. The van der Waals surface area contributed by atoms with E-state index in [0.717, 1.165) is 12.0 Å². The van der Waals surface area contributed by atoms with E-state index < -0.39 is 6.04 Å². The van der Waals surface area contributed by atoms with E-state index in [1.807, 2.05) is 20.8 Å². The van der Waals surface area contributed by atoms with Crippen molar-refractivity contribution < 1.29 is 9.18 Å². The van der Waals surface area contributed by atoms with Crippen molar-refractivity contribution in [1.82, 2.24) is 4.90 Å². The molecule has 4 heteroatoms. The highest BCUT2D eigenvalue weighted by Crippen LogP contribution is 2.21. The topological polar surface area (TPSA) is 46.3 Å². The maximum absolute atomic E-state index is 12.9. The van der Waals surface area contributed by atoms with Gasteiger partial charge >= 0.3 is 0 Å². The van der Waals surface area contributed by atoms with Crippen LogP contribution >= 0.6 is 0 Å². The molecule has 19 heavy (non-hydrogen) atoms. The van der Waals surface area contributed by atoms with Gasteiger partial charge in [-0.1, -0.05) is 25.5 Å². The second kappa shape index (κ2) is 7.24. The molecule has 0 aliphatic heterocycles. The number of likely N-dealkylation sites (N-methyl/N-ethyl adjacent to an activating group) is 1. The molecule has 0 aliphatic rings. The van der Waals surface area contributed by atoms with Crippen LogP contribution < -0.4 is 5.73 Å². The van der Waals surface area contributed by atoms with Gasteiger partial charge in [0.05, 0.1) is 12.1 Å². The quantitative estimate of drug-likeness (QED) is 0.860. The van der Waals surface area contributed by atoms with E-state index in [-0.39, 0.29) is 17.8 Å². The lowest BCUT2D eigenvalue weighted by atomic mass is 10.0. The van der Waals surface area contributed by atoms with Crippen molar-refractivity contribution in [2.24, 2.45) is 5.73 Å². The molecule has 1 aromatic carbocycles. The predicted molar refractivity (Wildman–Crippen MR) is 75.1 cm³/mol. The second-order valence-corrected chi connectivity index (χ2v) is 4.75. The smallest absolute Gasteiger partial charge is 0.239 e. The number of amides is 1. The van der Waals surface area contributed by atoms with Crippen LogP contribution in [0.3, 0.4) is 0 Å². The van der Waals surface area contributed by atoms with Crippen molar-refractivity contribution in [3.63, 3.8) is 0 Å². The van der Waals surface area contributed by atoms with Gasteiger partial charge in [-0.3, -0.25) is 4.79 Å². The third-order valence-corrected chi connectivity index (χ3v) is 3.36. The van der Waals surface area contributed by atoms with E-state index in [2.05, 4.69) is 0 Å². The van der Waals surface area contributed by atoms with Crippen molar-refractivity contribution in [2.75, 3.05) is 6.54 Å². The summed E-state index contributed by atoms with van der Waals surface area (Å²) in [6.07, 6.45) is 1.57. The summed E-state index contributed by atoms with van der Waals surface area (Å²) in [5.74, 6) is -0.311. The highest BCUT2D eigenvalue weighted by atomic mass is 19.1. The molecule has 1 aromatic rings. The maximum atomic E-state index is 12.9. The molecule has 0 aromatic heterocycles. The minimum absolute atomic E-state index is 0.0406. The summed E-state index contributed by atoms with van der Waals surface area (Å²) in [5, 5.41) is 0. The molecule has 0 saturated carbocycles. The van der Waals surface area contributed by atoms with Gasteiger partial charge < -0.3 is 10.6 Å². The number of halogens is 1. The Morgan fingerprint density at radius 3 is 2.37 bits per heavy atom. The minimum atomic E-state index is -0.451. The lowest BCUT2D eigenvalue weighted by Gasteiger charge is -2.30. The first-order chi connectivity index (χ1) is 9.01. The lowest BCUT2D eigenvalue weighted by molar-refractivity contribution is -0.134. The van der Waals surface area contributed by atoms with Crippen molar-refractivity contribution in [3.05, 3.63) is 35.6 Å². The normalized spacial score (nSPS) is 13.9. The molecule has 0 bridgehead atoms. The highest BCUT2D eigenvalue weighted by Gasteiger charge is 2.24. The molecule has 1 unspecified atom stereocenters. The van der Waals surface area contributed by atoms with Gasteiger partial charge in [-0.15, -0.1) is 0 Å². The monoisotopic (exact) mass is 266 g/mol. The molecule has 3 nitrogen and oxygen atoms in total. The molecule has 1 rings (SSSR count). The molecule has 1 amide bonds. The van der Waals surface area contributed by atoms with E-state index in [4.69, 9.17) is 5.73 Å². The zero-order valence-electron chi connectivity index (χ0n) is 11.9. The molecule has 0 spiro atoms. The standard InChI is InChI=1S/C15H23FN2O/c1-4-6-14(17)15(19)18(5-2)11(3)12-7-9-13(16)10-8-12/h7-11,14H,4-6,17H2,1-3H3/t11?,14-/m1/s1. The summed E-state index contributed by atoms with van der Waals surface area (Å²) in [4.78, 5) is 14.0. The van der Waals surface area contributed by atoms with E-state index in [0.29, 0.717) is 13.0 Å². The average Bonchev–Trinajstić information content (AvgIpc) is 2.40. The first-order valence-corrected chi connectivity index (χ1v) is 6.82. The molecular formula is C15H23FN2O. The summed E-state index contributed by atoms with van der Waals surface area (Å²) in [7, 11) is 0. The van der Waals surface area contributed by atoms with Crippen LogP contribution in [0.1, 0.15) is 45.2 Å². The van der Waals surface area contributed by atoms with Crippen LogP contribution in [-0.4, -0.2) is 23.4 Å². The molecule has 0 fully saturated rings. The van der Waals surface area contributed by atoms with E-state index >= 15 is 0 Å². The van der Waals surface area contributed by atoms with Crippen LogP contribution in [0, 0.1) is 5.82 Å². The van der Waals surface area contributed by atoms with Gasteiger partial charge in [0.25, 0.3) is 0 Å². The summed E-state index contributed by atoms with van der Waals surface area (Å²) in [5.41, 5.74) is 6.81. The van der Waals surface area contributed by atoms with Crippen LogP contribution in [0.5, 0.6) is 0 Å². The molecule has 2 atom stereocenters. The van der Waals surface area contributed by atoms with Crippen LogP contribution in [-0.2, 0) is 4.79 Å². The highest BCUT2D eigenvalue weighted by molar-refractivity contribution is 5.82. The summed E-state index contributed by atoms with van der Waals surface area (Å²) in [6, 6.07) is 5.70. The van der Waals surface area contributed by atoms with Gasteiger partial charge in [0.1, 0.15) is 5.82 Å². The zero-order valence-corrected chi connectivity index (χ0v) is 11.9. The average molecular weight is 266 g/mol. The van der Waals surface area contributed by atoms with Crippen LogP contribution in [0.15, 0.2) is 24.3 Å². The van der Waals surface area contributed by atoms with Crippen LogP contribution in [0.2, 0.25) is 0 Å². The molecule has 2 N–H and O–H groups in total. The third-order valence-electron chi connectivity index (χ3n) is 3.36. The summed E-state index contributed by atoms with van der Waals surface area (Å²) in [6.45, 7) is 6.46. The first-order valence-electron chi connectivity index (χ1n) is 6.82. The molecule has 0 aliphatic carbocycles. The number of nitrogens with zero attached hydrogens (tertiary/aromatic N) is 1. The minimum Gasteiger partial charge on any atom is -0.335 e. The Bertz CT molecular complexity index is 405. The first kappa shape index (κ1) is 15.6. The molecule has 0 heterocycles. The van der Waals surface area contributed by atoms with Gasteiger partial charge in [-0.25, -0.2) is 4.39 Å². The fourth-order valence-electron chi connectivity index (χ4n) is 2.19. The summed E-state index contributed by atoms with van der Waals surface area (Å²) >= 11 is 0. The fraction of sp³-hybridized carbons (Fsp3) is 0.533. The molecular weight excluding hydrogens is 243 g/mol. The molecule has 0 radical (unpaired) electrons.